The second kappa shape index (κ2) is 11.0. The Morgan fingerprint density at radius 2 is 1.91 bits per heavy atom. The van der Waals surface area contributed by atoms with E-state index in [0.717, 1.165) is 69.7 Å². The molecule has 1 saturated heterocycles. The minimum Gasteiger partial charge on any atom is -0.404 e. The van der Waals surface area contributed by atoms with Crippen LogP contribution in [0.4, 0.5) is 5.69 Å². The maximum atomic E-state index is 13.0. The predicted octanol–water partition coefficient (Wildman–Crippen LogP) is 2.10. The number of nitrogens with one attached hydrogen (secondary N) is 3. The topological polar surface area (TPSA) is 122 Å². The van der Waals surface area contributed by atoms with Gasteiger partial charge in [-0.2, -0.15) is 5.10 Å². The number of amides is 1. The zero-order valence-electron chi connectivity index (χ0n) is 18.4. The Labute approximate surface area is 188 Å². The van der Waals surface area contributed by atoms with Crippen molar-refractivity contribution >= 4 is 23.4 Å². The van der Waals surface area contributed by atoms with E-state index in [0.29, 0.717) is 29.5 Å². The first-order valence-electron chi connectivity index (χ1n) is 11.4. The standard InChI is InChI=1S/C23H32N8O/c24-13-17-14-26-9-2-1-3-10-27-15-21-22(16-31(30-21)18-7-11-25-12-8-18)29-23(32)20-6-4-5-19(17)28-20/h4-6,13-14,16,18,25,27H,1-3,7-12,15,24H2,(H,29,32). The van der Waals surface area contributed by atoms with Crippen LogP contribution >= 0.6 is 0 Å². The Bertz CT molecular complexity index is 974. The summed E-state index contributed by atoms with van der Waals surface area (Å²) in [6.07, 6.45) is 10.4. The summed E-state index contributed by atoms with van der Waals surface area (Å²) in [7, 11) is 0. The molecule has 4 heterocycles. The van der Waals surface area contributed by atoms with Crippen molar-refractivity contribution in [3.05, 3.63) is 47.7 Å². The largest absolute Gasteiger partial charge is 0.404 e. The van der Waals surface area contributed by atoms with Gasteiger partial charge < -0.3 is 21.7 Å². The number of aliphatic imine (C=N–C) groups is 1. The third-order valence-corrected chi connectivity index (χ3v) is 5.86. The first kappa shape index (κ1) is 22.2. The second-order valence-corrected chi connectivity index (χ2v) is 8.21. The molecule has 0 aromatic carbocycles. The minimum atomic E-state index is -0.268. The smallest absolute Gasteiger partial charge is 0.274 e. The van der Waals surface area contributed by atoms with E-state index < -0.39 is 0 Å². The Hall–Kier alpha value is -3.04. The number of nitrogens with zero attached hydrogens (tertiary/aromatic N) is 4. The van der Waals surface area contributed by atoms with Crippen molar-refractivity contribution in [3.8, 4) is 0 Å². The van der Waals surface area contributed by atoms with E-state index in [1.807, 2.05) is 23.0 Å². The fraction of sp³-hybridized carbons (Fsp3) is 0.478. The number of piperidine rings is 1. The van der Waals surface area contributed by atoms with Crippen LogP contribution in [0.2, 0.25) is 0 Å². The maximum Gasteiger partial charge on any atom is 0.274 e. The molecule has 2 aliphatic heterocycles. The van der Waals surface area contributed by atoms with Crippen LogP contribution in [0.5, 0.6) is 0 Å². The molecule has 0 unspecified atom stereocenters. The van der Waals surface area contributed by atoms with Gasteiger partial charge in [0, 0.05) is 37.3 Å². The zero-order chi connectivity index (χ0) is 22.2. The van der Waals surface area contributed by atoms with Gasteiger partial charge in [-0.15, -0.1) is 0 Å². The number of carbonyl (C=O) groups is 1. The van der Waals surface area contributed by atoms with Crippen molar-refractivity contribution in [3.63, 3.8) is 0 Å². The number of carbonyl (C=O) groups excluding carboxylic acids is 1. The number of allylic oxidation sites excluding steroid dienone is 1. The molecule has 2 aliphatic rings. The van der Waals surface area contributed by atoms with E-state index >= 15 is 0 Å². The summed E-state index contributed by atoms with van der Waals surface area (Å²) in [5.74, 6) is -0.268. The molecule has 0 spiro atoms. The highest BCUT2D eigenvalue weighted by Crippen LogP contribution is 2.23. The molecule has 2 bridgehead atoms. The van der Waals surface area contributed by atoms with Crippen LogP contribution < -0.4 is 21.7 Å². The first-order chi connectivity index (χ1) is 15.7. The Morgan fingerprint density at radius 3 is 2.75 bits per heavy atom. The van der Waals surface area contributed by atoms with Gasteiger partial charge in [0.2, 0.25) is 0 Å². The molecule has 2 aromatic heterocycles. The average Bonchev–Trinajstić information content (AvgIpc) is 3.23. The number of hydrogen-bond acceptors (Lipinski definition) is 7. The Balaban J connectivity index is 1.61. The van der Waals surface area contributed by atoms with E-state index in [1.54, 1.807) is 12.3 Å². The first-order valence-corrected chi connectivity index (χ1v) is 11.4. The third kappa shape index (κ3) is 5.60. The summed E-state index contributed by atoms with van der Waals surface area (Å²) in [6, 6.07) is 5.69. The zero-order valence-corrected chi connectivity index (χ0v) is 18.4. The molecule has 1 amide bonds. The number of aromatic nitrogens is 3. The molecule has 0 radical (unpaired) electrons. The lowest BCUT2D eigenvalue weighted by Crippen LogP contribution is -2.29. The lowest BCUT2D eigenvalue weighted by atomic mass is 10.1. The normalized spacial score (nSPS) is 20.5. The van der Waals surface area contributed by atoms with Crippen LogP contribution in [-0.2, 0) is 6.54 Å². The average molecular weight is 437 g/mol. The number of fused-ring (bicyclic) bond motifs is 3. The highest BCUT2D eigenvalue weighted by atomic mass is 16.1. The number of rotatable bonds is 1. The molecule has 9 nitrogen and oxygen atoms in total. The molecule has 32 heavy (non-hydrogen) atoms. The van der Waals surface area contributed by atoms with Crippen molar-refractivity contribution in [2.24, 2.45) is 10.7 Å². The molecule has 4 rings (SSSR count). The number of anilines is 1. The summed E-state index contributed by atoms with van der Waals surface area (Å²) in [4.78, 5) is 22.0. The van der Waals surface area contributed by atoms with Crippen molar-refractivity contribution in [2.75, 3.05) is 31.5 Å². The van der Waals surface area contributed by atoms with E-state index in [9.17, 15) is 4.79 Å². The number of hydrogen-bond donors (Lipinski definition) is 4. The van der Waals surface area contributed by atoms with Crippen LogP contribution in [0.1, 0.15) is 60.0 Å². The van der Waals surface area contributed by atoms with E-state index in [-0.39, 0.29) is 5.91 Å². The van der Waals surface area contributed by atoms with Gasteiger partial charge in [-0.1, -0.05) is 12.5 Å². The van der Waals surface area contributed by atoms with Crippen molar-refractivity contribution in [1.29, 1.82) is 0 Å². The summed E-state index contributed by atoms with van der Waals surface area (Å²) >= 11 is 0. The van der Waals surface area contributed by atoms with Gasteiger partial charge >= 0.3 is 0 Å². The second-order valence-electron chi connectivity index (χ2n) is 8.21. The van der Waals surface area contributed by atoms with Crippen molar-refractivity contribution in [2.45, 2.75) is 44.7 Å². The van der Waals surface area contributed by atoms with Crippen LogP contribution in [0.15, 0.2) is 35.6 Å². The van der Waals surface area contributed by atoms with Crippen LogP contribution in [0.25, 0.3) is 5.57 Å². The van der Waals surface area contributed by atoms with Gasteiger partial charge in [0.25, 0.3) is 5.91 Å². The molecule has 1 fully saturated rings. The molecule has 0 aliphatic carbocycles. The summed E-state index contributed by atoms with van der Waals surface area (Å²) < 4.78 is 2.02. The summed E-state index contributed by atoms with van der Waals surface area (Å²) in [5.41, 5.74) is 9.03. The molecule has 0 atom stereocenters. The number of nitrogens with two attached hydrogens (primary N) is 1. The van der Waals surface area contributed by atoms with Crippen LogP contribution in [0.3, 0.4) is 0 Å². The maximum absolute atomic E-state index is 13.0. The monoisotopic (exact) mass is 436 g/mol. The Morgan fingerprint density at radius 1 is 1.06 bits per heavy atom. The third-order valence-electron chi connectivity index (χ3n) is 5.86. The van der Waals surface area contributed by atoms with Crippen LogP contribution in [-0.4, -0.2) is 53.1 Å². The van der Waals surface area contributed by atoms with Gasteiger partial charge in [-0.3, -0.25) is 14.5 Å². The molecule has 9 heteroatoms. The van der Waals surface area contributed by atoms with Gasteiger partial charge in [-0.05, 0) is 57.5 Å². The minimum absolute atomic E-state index is 0.268. The van der Waals surface area contributed by atoms with E-state index in [4.69, 9.17) is 10.8 Å². The van der Waals surface area contributed by atoms with E-state index in [1.165, 1.54) is 6.20 Å². The molecule has 170 valence electrons. The Kier molecular flexibility index (Phi) is 7.63. The van der Waals surface area contributed by atoms with Gasteiger partial charge in [-0.25, -0.2) is 4.98 Å². The predicted molar refractivity (Wildman–Crippen MR) is 127 cm³/mol. The number of pyridine rings is 1. The SMILES string of the molecule is NC=C1C=NCCCCCNCc2nn(C3CCNCC3)cc2NC(=O)c2cccc1n2. The summed E-state index contributed by atoms with van der Waals surface area (Å²) in [5, 5.41) is 14.7. The van der Waals surface area contributed by atoms with Gasteiger partial charge in [0.05, 0.1) is 23.1 Å². The molecule has 0 saturated carbocycles. The molecular formula is C23H32N8O. The molecule has 2 aromatic rings. The van der Waals surface area contributed by atoms with Crippen molar-refractivity contribution in [1.82, 2.24) is 25.4 Å². The fourth-order valence-electron chi connectivity index (χ4n) is 4.02. The van der Waals surface area contributed by atoms with Crippen LogP contribution in [0, 0.1) is 0 Å². The van der Waals surface area contributed by atoms with Gasteiger partial charge in [0.15, 0.2) is 0 Å². The quantitative estimate of drug-likeness (QED) is 0.543. The summed E-state index contributed by atoms with van der Waals surface area (Å²) in [6.45, 7) is 4.21. The fourth-order valence-corrected chi connectivity index (χ4v) is 4.02. The van der Waals surface area contributed by atoms with E-state index in [2.05, 4.69) is 25.9 Å². The lowest BCUT2D eigenvalue weighted by Gasteiger charge is -2.22. The highest BCUT2D eigenvalue weighted by Gasteiger charge is 2.20. The van der Waals surface area contributed by atoms with Gasteiger partial charge in [0.1, 0.15) is 5.69 Å². The molecule has 5 N–H and O–H groups in total. The highest BCUT2D eigenvalue weighted by molar-refractivity contribution is 6.09. The lowest BCUT2D eigenvalue weighted by molar-refractivity contribution is 0.102. The van der Waals surface area contributed by atoms with Crippen molar-refractivity contribution < 1.29 is 4.79 Å². The molecular weight excluding hydrogens is 404 g/mol.